The third-order valence-corrected chi connectivity index (χ3v) is 4.25. The molecule has 2 aromatic heterocycles. The molecule has 1 fully saturated rings. The van der Waals surface area contributed by atoms with Crippen molar-refractivity contribution in [3.05, 3.63) is 35.7 Å². The van der Waals surface area contributed by atoms with Crippen LogP contribution in [0.2, 0.25) is 0 Å². The molecule has 1 amide bonds. The lowest BCUT2D eigenvalue weighted by molar-refractivity contribution is 0.0543. The molecule has 3 heterocycles. The Morgan fingerprint density at radius 1 is 1.61 bits per heavy atom. The molecule has 3 rings (SSSR count). The Bertz CT molecular complexity index is 730. The molecule has 23 heavy (non-hydrogen) atoms. The average molecular weight is 314 g/mol. The SMILES string of the molecule is CN(C[C@H]1OCC[C@H]1c1ncn[nH]1)C(=O)c1ccc(C#N)n1C. The molecular weight excluding hydrogens is 296 g/mol. The van der Waals surface area contributed by atoms with Crippen LogP contribution in [0.5, 0.6) is 0 Å². The third kappa shape index (κ3) is 2.83. The van der Waals surface area contributed by atoms with Crippen molar-refractivity contribution >= 4 is 5.91 Å². The number of nitriles is 1. The van der Waals surface area contributed by atoms with Gasteiger partial charge in [0.2, 0.25) is 0 Å². The van der Waals surface area contributed by atoms with Gasteiger partial charge in [-0.15, -0.1) is 0 Å². The number of hydrogen-bond acceptors (Lipinski definition) is 5. The maximum Gasteiger partial charge on any atom is 0.270 e. The van der Waals surface area contributed by atoms with Crippen LogP contribution in [-0.2, 0) is 11.8 Å². The summed E-state index contributed by atoms with van der Waals surface area (Å²) in [6.45, 7) is 1.10. The highest BCUT2D eigenvalue weighted by atomic mass is 16.5. The van der Waals surface area contributed by atoms with Gasteiger partial charge in [0.25, 0.3) is 5.91 Å². The molecule has 0 spiro atoms. The lowest BCUT2D eigenvalue weighted by atomic mass is 10.0. The number of aromatic amines is 1. The number of carbonyl (C=O) groups is 1. The van der Waals surface area contributed by atoms with E-state index >= 15 is 0 Å². The monoisotopic (exact) mass is 314 g/mol. The van der Waals surface area contributed by atoms with Crippen molar-refractivity contribution in [1.82, 2.24) is 24.6 Å². The van der Waals surface area contributed by atoms with Gasteiger partial charge in [-0.05, 0) is 18.6 Å². The number of amides is 1. The summed E-state index contributed by atoms with van der Waals surface area (Å²) in [5, 5.41) is 15.7. The quantitative estimate of drug-likeness (QED) is 0.893. The normalized spacial score (nSPS) is 20.4. The van der Waals surface area contributed by atoms with Crippen LogP contribution in [0, 0.1) is 11.3 Å². The molecular formula is C15H18N6O2. The van der Waals surface area contributed by atoms with Crippen molar-refractivity contribution in [2.75, 3.05) is 20.2 Å². The van der Waals surface area contributed by atoms with E-state index in [9.17, 15) is 4.79 Å². The number of carbonyl (C=O) groups excluding carboxylic acids is 1. The largest absolute Gasteiger partial charge is 0.376 e. The molecule has 8 nitrogen and oxygen atoms in total. The highest BCUT2D eigenvalue weighted by Crippen LogP contribution is 2.29. The minimum absolute atomic E-state index is 0.107. The molecule has 120 valence electrons. The molecule has 0 saturated carbocycles. The molecule has 1 N–H and O–H groups in total. The minimum Gasteiger partial charge on any atom is -0.376 e. The summed E-state index contributed by atoms with van der Waals surface area (Å²) in [7, 11) is 3.45. The van der Waals surface area contributed by atoms with E-state index in [1.54, 1.807) is 35.7 Å². The Balaban J connectivity index is 1.71. The predicted octanol–water partition coefficient (Wildman–Crippen LogP) is 0.660. The summed E-state index contributed by atoms with van der Waals surface area (Å²) >= 11 is 0. The van der Waals surface area contributed by atoms with Gasteiger partial charge in [0.1, 0.15) is 29.6 Å². The zero-order valence-corrected chi connectivity index (χ0v) is 13.1. The van der Waals surface area contributed by atoms with E-state index in [-0.39, 0.29) is 17.9 Å². The van der Waals surface area contributed by atoms with Crippen LogP contribution in [0.1, 0.15) is 34.3 Å². The number of H-pyrrole nitrogens is 1. The molecule has 0 unspecified atom stereocenters. The summed E-state index contributed by atoms with van der Waals surface area (Å²) in [5.74, 6) is 0.760. The summed E-state index contributed by atoms with van der Waals surface area (Å²) in [4.78, 5) is 18.4. The zero-order valence-electron chi connectivity index (χ0n) is 13.1. The molecule has 2 atom stereocenters. The van der Waals surface area contributed by atoms with E-state index in [4.69, 9.17) is 10.00 Å². The third-order valence-electron chi connectivity index (χ3n) is 4.25. The van der Waals surface area contributed by atoms with E-state index in [0.717, 1.165) is 12.2 Å². The fraction of sp³-hybridized carbons (Fsp3) is 0.467. The summed E-state index contributed by atoms with van der Waals surface area (Å²) in [6.07, 6.45) is 2.21. The molecule has 2 aromatic rings. The average Bonchev–Trinajstić information content (AvgIpc) is 3.26. The predicted molar refractivity (Wildman–Crippen MR) is 80.6 cm³/mol. The zero-order chi connectivity index (χ0) is 16.4. The van der Waals surface area contributed by atoms with Gasteiger partial charge in [-0.2, -0.15) is 10.4 Å². The van der Waals surface area contributed by atoms with Gasteiger partial charge in [-0.3, -0.25) is 9.89 Å². The van der Waals surface area contributed by atoms with Gasteiger partial charge < -0.3 is 14.2 Å². The van der Waals surface area contributed by atoms with Crippen molar-refractivity contribution in [2.45, 2.75) is 18.4 Å². The number of aromatic nitrogens is 4. The minimum atomic E-state index is -0.138. The number of nitrogens with one attached hydrogen (secondary N) is 1. The first-order valence-electron chi connectivity index (χ1n) is 7.40. The van der Waals surface area contributed by atoms with Crippen LogP contribution in [0.3, 0.4) is 0 Å². The van der Waals surface area contributed by atoms with E-state index in [2.05, 4.69) is 21.3 Å². The summed E-state index contributed by atoms with van der Waals surface area (Å²) in [5.41, 5.74) is 0.941. The van der Waals surface area contributed by atoms with Crippen LogP contribution in [0.15, 0.2) is 18.5 Å². The van der Waals surface area contributed by atoms with E-state index < -0.39 is 0 Å². The molecule has 0 aromatic carbocycles. The fourth-order valence-corrected chi connectivity index (χ4v) is 2.92. The molecule has 8 heteroatoms. The maximum absolute atomic E-state index is 12.6. The topological polar surface area (TPSA) is 99.8 Å². The van der Waals surface area contributed by atoms with E-state index in [1.807, 2.05) is 0 Å². The first kappa shape index (κ1) is 15.2. The standard InChI is InChI=1S/C15H18N6O2/c1-20(15(22)12-4-3-10(7-16)21(12)2)8-13-11(5-6-23-13)14-17-9-18-19-14/h3-4,9,11,13H,5-6,8H2,1-2H3,(H,17,18,19)/t11-,13-/m1/s1. The van der Waals surface area contributed by atoms with Crippen molar-refractivity contribution < 1.29 is 9.53 Å². The molecule has 1 aliphatic rings. The Labute approximate surface area is 133 Å². The Kier molecular flexibility index (Phi) is 4.12. The Hall–Kier alpha value is -2.66. The first-order chi connectivity index (χ1) is 11.1. The second kappa shape index (κ2) is 6.22. The van der Waals surface area contributed by atoms with E-state index in [1.165, 1.54) is 6.33 Å². The van der Waals surface area contributed by atoms with Gasteiger partial charge in [-0.25, -0.2) is 4.98 Å². The highest BCUT2D eigenvalue weighted by Gasteiger charge is 2.33. The molecule has 0 bridgehead atoms. The van der Waals surface area contributed by atoms with Gasteiger partial charge >= 0.3 is 0 Å². The summed E-state index contributed by atoms with van der Waals surface area (Å²) < 4.78 is 7.36. The second-order valence-corrected chi connectivity index (χ2v) is 5.64. The number of ether oxygens (including phenoxy) is 1. The van der Waals surface area contributed by atoms with E-state index in [0.29, 0.717) is 24.5 Å². The molecule has 0 radical (unpaired) electrons. The van der Waals surface area contributed by atoms with Crippen molar-refractivity contribution in [2.24, 2.45) is 7.05 Å². The highest BCUT2D eigenvalue weighted by molar-refractivity contribution is 5.93. The van der Waals surface area contributed by atoms with Crippen molar-refractivity contribution in [1.29, 1.82) is 5.26 Å². The van der Waals surface area contributed by atoms with Crippen LogP contribution >= 0.6 is 0 Å². The van der Waals surface area contributed by atoms with Crippen LogP contribution < -0.4 is 0 Å². The number of rotatable bonds is 4. The van der Waals surface area contributed by atoms with Crippen molar-refractivity contribution in [3.63, 3.8) is 0 Å². The van der Waals surface area contributed by atoms with Crippen LogP contribution in [0.4, 0.5) is 0 Å². The van der Waals surface area contributed by atoms with Gasteiger partial charge in [0, 0.05) is 33.2 Å². The van der Waals surface area contributed by atoms with Gasteiger partial charge in [0.05, 0.1) is 6.10 Å². The second-order valence-electron chi connectivity index (χ2n) is 5.64. The molecule has 1 aliphatic heterocycles. The first-order valence-corrected chi connectivity index (χ1v) is 7.40. The smallest absolute Gasteiger partial charge is 0.270 e. The van der Waals surface area contributed by atoms with Gasteiger partial charge in [0.15, 0.2) is 0 Å². The van der Waals surface area contributed by atoms with Gasteiger partial charge in [-0.1, -0.05) is 0 Å². The van der Waals surface area contributed by atoms with Crippen LogP contribution in [0.25, 0.3) is 0 Å². The lowest BCUT2D eigenvalue weighted by Crippen LogP contribution is -2.37. The number of hydrogen-bond donors (Lipinski definition) is 1. The van der Waals surface area contributed by atoms with Crippen LogP contribution in [-0.4, -0.2) is 56.9 Å². The Morgan fingerprint density at radius 3 is 3.09 bits per heavy atom. The molecule has 0 aliphatic carbocycles. The summed E-state index contributed by atoms with van der Waals surface area (Å²) in [6, 6.07) is 5.37. The molecule has 1 saturated heterocycles. The fourth-order valence-electron chi connectivity index (χ4n) is 2.92. The number of likely N-dealkylation sites (N-methyl/N-ethyl adjacent to an activating group) is 1. The number of nitrogens with zero attached hydrogens (tertiary/aromatic N) is 5. The maximum atomic E-state index is 12.6. The Morgan fingerprint density at radius 2 is 2.43 bits per heavy atom. The van der Waals surface area contributed by atoms with Crippen molar-refractivity contribution in [3.8, 4) is 6.07 Å². The lowest BCUT2D eigenvalue weighted by Gasteiger charge is -2.24.